The quantitative estimate of drug-likeness (QED) is 0.854. The summed E-state index contributed by atoms with van der Waals surface area (Å²) in [6.45, 7) is 2.82. The molecule has 1 aromatic rings. The van der Waals surface area contributed by atoms with Crippen LogP contribution in [0, 0.1) is 5.41 Å². The number of amides is 1. The van der Waals surface area contributed by atoms with Gasteiger partial charge in [-0.3, -0.25) is 4.79 Å². The Kier molecular flexibility index (Phi) is 3.45. The van der Waals surface area contributed by atoms with Crippen molar-refractivity contribution < 1.29 is 4.79 Å². The Morgan fingerprint density at radius 2 is 1.95 bits per heavy atom. The van der Waals surface area contributed by atoms with Crippen LogP contribution in [-0.2, 0) is 11.3 Å². The molecule has 3 heteroatoms. The third-order valence-corrected chi connectivity index (χ3v) is 4.87. The van der Waals surface area contributed by atoms with Crippen LogP contribution in [0.15, 0.2) is 24.3 Å². The van der Waals surface area contributed by atoms with Gasteiger partial charge in [0.15, 0.2) is 0 Å². The zero-order valence-electron chi connectivity index (χ0n) is 12.3. The van der Waals surface area contributed by atoms with Crippen molar-refractivity contribution in [2.45, 2.75) is 58.0 Å². The largest absolute Gasteiger partial charge is 0.398 e. The van der Waals surface area contributed by atoms with Crippen molar-refractivity contribution >= 4 is 11.6 Å². The molecule has 0 radical (unpaired) electrons. The number of nitrogens with two attached hydrogens (primary N) is 1. The highest BCUT2D eigenvalue weighted by Gasteiger charge is 2.43. The monoisotopic (exact) mass is 272 g/mol. The van der Waals surface area contributed by atoms with Gasteiger partial charge in [0.2, 0.25) is 5.91 Å². The summed E-state index contributed by atoms with van der Waals surface area (Å²) in [5.41, 5.74) is 7.78. The minimum absolute atomic E-state index is 0.133. The van der Waals surface area contributed by atoms with Gasteiger partial charge in [-0.2, -0.15) is 0 Å². The lowest BCUT2D eigenvalue weighted by atomic mass is 9.87. The van der Waals surface area contributed by atoms with Crippen molar-refractivity contribution in [2.75, 3.05) is 5.73 Å². The van der Waals surface area contributed by atoms with E-state index in [9.17, 15) is 4.79 Å². The van der Waals surface area contributed by atoms with Gasteiger partial charge in [0, 0.05) is 23.7 Å². The van der Waals surface area contributed by atoms with Crippen LogP contribution < -0.4 is 5.73 Å². The lowest BCUT2D eigenvalue weighted by Gasteiger charge is -2.32. The van der Waals surface area contributed by atoms with Gasteiger partial charge in [-0.15, -0.1) is 0 Å². The second-order valence-corrected chi connectivity index (χ2v) is 6.63. The maximum atomic E-state index is 12.9. The molecule has 0 aliphatic heterocycles. The van der Waals surface area contributed by atoms with Crippen molar-refractivity contribution in [2.24, 2.45) is 5.41 Å². The summed E-state index contributed by atoms with van der Waals surface area (Å²) in [4.78, 5) is 15.0. The van der Waals surface area contributed by atoms with Gasteiger partial charge in [-0.05, 0) is 37.3 Å². The first-order valence-corrected chi connectivity index (χ1v) is 7.75. The minimum atomic E-state index is -0.133. The molecule has 0 saturated heterocycles. The van der Waals surface area contributed by atoms with E-state index < -0.39 is 0 Å². The van der Waals surface area contributed by atoms with Crippen LogP contribution in [0.1, 0.15) is 51.0 Å². The Hall–Kier alpha value is -1.51. The molecule has 2 N–H and O–H groups in total. The maximum absolute atomic E-state index is 12.9. The highest BCUT2D eigenvalue weighted by molar-refractivity contribution is 5.83. The molecule has 0 bridgehead atoms. The highest BCUT2D eigenvalue weighted by atomic mass is 16.2. The Bertz CT molecular complexity index is 501. The fourth-order valence-electron chi connectivity index (χ4n) is 3.33. The summed E-state index contributed by atoms with van der Waals surface area (Å²) in [6, 6.07) is 8.34. The van der Waals surface area contributed by atoms with Gasteiger partial charge in [-0.1, -0.05) is 38.0 Å². The second kappa shape index (κ2) is 5.12. The molecule has 1 amide bonds. The van der Waals surface area contributed by atoms with Gasteiger partial charge in [0.25, 0.3) is 0 Å². The lowest BCUT2D eigenvalue weighted by Crippen LogP contribution is -2.42. The number of rotatable bonds is 4. The molecule has 0 heterocycles. The van der Waals surface area contributed by atoms with Gasteiger partial charge in [0.1, 0.15) is 0 Å². The Balaban J connectivity index is 1.79. The van der Waals surface area contributed by atoms with Crippen LogP contribution in [-0.4, -0.2) is 16.8 Å². The SMILES string of the molecule is CC1(C(=O)N(Cc2ccccc2N)C2CC2)CCCC1. The Labute approximate surface area is 121 Å². The van der Waals surface area contributed by atoms with E-state index in [0.29, 0.717) is 18.5 Å². The molecule has 2 saturated carbocycles. The van der Waals surface area contributed by atoms with E-state index in [2.05, 4.69) is 11.8 Å². The summed E-state index contributed by atoms with van der Waals surface area (Å²) < 4.78 is 0. The number of carbonyl (C=O) groups is 1. The molecule has 0 unspecified atom stereocenters. The average Bonchev–Trinajstić information content (AvgIpc) is 3.19. The summed E-state index contributed by atoms with van der Waals surface area (Å²) in [5.74, 6) is 0.348. The fraction of sp³-hybridized carbons (Fsp3) is 0.588. The van der Waals surface area contributed by atoms with Gasteiger partial charge in [0.05, 0.1) is 0 Å². The molecule has 0 atom stereocenters. The number of nitrogen functional groups attached to an aromatic ring is 1. The van der Waals surface area contributed by atoms with E-state index in [0.717, 1.165) is 36.9 Å². The number of carbonyl (C=O) groups excluding carboxylic acids is 1. The molecule has 3 nitrogen and oxygen atoms in total. The molecule has 0 aromatic heterocycles. The summed E-state index contributed by atoms with van der Waals surface area (Å²) >= 11 is 0. The molecule has 2 fully saturated rings. The van der Waals surface area contributed by atoms with Crippen molar-refractivity contribution in [1.29, 1.82) is 0 Å². The first-order valence-electron chi connectivity index (χ1n) is 7.75. The van der Waals surface area contributed by atoms with Crippen LogP contribution in [0.5, 0.6) is 0 Å². The second-order valence-electron chi connectivity index (χ2n) is 6.63. The minimum Gasteiger partial charge on any atom is -0.398 e. The van der Waals surface area contributed by atoms with Crippen LogP contribution in [0.3, 0.4) is 0 Å². The zero-order valence-corrected chi connectivity index (χ0v) is 12.3. The van der Waals surface area contributed by atoms with E-state index in [1.807, 2.05) is 24.3 Å². The van der Waals surface area contributed by atoms with E-state index >= 15 is 0 Å². The third kappa shape index (κ3) is 2.54. The van der Waals surface area contributed by atoms with Crippen LogP contribution >= 0.6 is 0 Å². The van der Waals surface area contributed by atoms with Crippen molar-refractivity contribution in [3.8, 4) is 0 Å². The molecule has 20 heavy (non-hydrogen) atoms. The number of para-hydroxylation sites is 1. The topological polar surface area (TPSA) is 46.3 Å². The van der Waals surface area contributed by atoms with E-state index in [1.54, 1.807) is 0 Å². The van der Waals surface area contributed by atoms with Gasteiger partial charge in [-0.25, -0.2) is 0 Å². The van der Waals surface area contributed by atoms with E-state index in [-0.39, 0.29) is 5.41 Å². The number of hydrogen-bond donors (Lipinski definition) is 1. The Morgan fingerprint density at radius 1 is 1.30 bits per heavy atom. The van der Waals surface area contributed by atoms with Crippen molar-refractivity contribution in [1.82, 2.24) is 4.90 Å². The number of nitrogens with zero attached hydrogens (tertiary/aromatic N) is 1. The molecule has 2 aliphatic carbocycles. The van der Waals surface area contributed by atoms with Gasteiger partial charge >= 0.3 is 0 Å². The molecular weight excluding hydrogens is 248 g/mol. The Morgan fingerprint density at radius 3 is 2.55 bits per heavy atom. The molecular formula is C17H24N2O. The highest BCUT2D eigenvalue weighted by Crippen LogP contribution is 2.42. The first kappa shape index (κ1) is 13.5. The van der Waals surface area contributed by atoms with Crippen LogP contribution in [0.2, 0.25) is 0 Å². The van der Waals surface area contributed by atoms with E-state index in [4.69, 9.17) is 5.73 Å². The maximum Gasteiger partial charge on any atom is 0.229 e. The average molecular weight is 272 g/mol. The molecule has 2 aliphatic rings. The van der Waals surface area contributed by atoms with Crippen molar-refractivity contribution in [3.05, 3.63) is 29.8 Å². The van der Waals surface area contributed by atoms with Crippen molar-refractivity contribution in [3.63, 3.8) is 0 Å². The zero-order chi connectivity index (χ0) is 14.2. The predicted octanol–water partition coefficient (Wildman–Crippen LogP) is 3.34. The number of benzene rings is 1. The fourth-order valence-corrected chi connectivity index (χ4v) is 3.33. The smallest absolute Gasteiger partial charge is 0.229 e. The lowest BCUT2D eigenvalue weighted by molar-refractivity contribution is -0.142. The van der Waals surface area contributed by atoms with Crippen LogP contribution in [0.4, 0.5) is 5.69 Å². The normalized spacial score (nSPS) is 20.9. The number of hydrogen-bond acceptors (Lipinski definition) is 2. The molecule has 0 spiro atoms. The van der Waals surface area contributed by atoms with Crippen LogP contribution in [0.25, 0.3) is 0 Å². The van der Waals surface area contributed by atoms with E-state index in [1.165, 1.54) is 12.8 Å². The molecule has 1 aromatic carbocycles. The van der Waals surface area contributed by atoms with Gasteiger partial charge < -0.3 is 10.6 Å². The molecule has 108 valence electrons. The number of anilines is 1. The first-order chi connectivity index (χ1) is 9.60. The summed E-state index contributed by atoms with van der Waals surface area (Å²) in [7, 11) is 0. The predicted molar refractivity (Wildman–Crippen MR) is 81.0 cm³/mol. The summed E-state index contributed by atoms with van der Waals surface area (Å²) in [6.07, 6.45) is 6.75. The third-order valence-electron chi connectivity index (χ3n) is 4.87. The standard InChI is InChI=1S/C17H24N2O/c1-17(10-4-5-11-17)16(20)19(14-8-9-14)12-13-6-2-3-7-15(13)18/h2-3,6-7,14H,4-5,8-12,18H2,1H3. The molecule has 3 rings (SSSR count). The summed E-state index contributed by atoms with van der Waals surface area (Å²) in [5, 5.41) is 0.